The van der Waals surface area contributed by atoms with Crippen LogP contribution >= 0.6 is 34.8 Å². The Morgan fingerprint density at radius 2 is 1.90 bits per heavy atom. The van der Waals surface area contributed by atoms with Crippen molar-refractivity contribution in [3.63, 3.8) is 0 Å². The second-order valence-electron chi connectivity index (χ2n) is 4.89. The quantitative estimate of drug-likeness (QED) is 0.830. The molecule has 1 atom stereocenters. The highest BCUT2D eigenvalue weighted by molar-refractivity contribution is 6.48. The summed E-state index contributed by atoms with van der Waals surface area (Å²) in [5, 5.41) is 4.91. The molecule has 1 aliphatic rings. The number of rotatable bonds is 5. The summed E-state index contributed by atoms with van der Waals surface area (Å²) in [5.74, 6) is 0. The van der Waals surface area contributed by atoms with Crippen LogP contribution < -0.4 is 5.32 Å². The molecule has 1 unspecified atom stereocenters. The standard InChI is InChI=1S/C14H19Cl3N2O/c1-10(11-2-3-12(15)14(17)13(11)16)18-4-5-19-6-8-20-9-7-19/h2-3,10,18H,4-9H2,1H3. The molecule has 0 aliphatic carbocycles. The van der Waals surface area contributed by atoms with Crippen molar-refractivity contribution < 1.29 is 4.74 Å². The minimum Gasteiger partial charge on any atom is -0.379 e. The normalized spacial score (nSPS) is 18.2. The van der Waals surface area contributed by atoms with E-state index in [1.54, 1.807) is 6.07 Å². The van der Waals surface area contributed by atoms with E-state index in [-0.39, 0.29) is 6.04 Å². The van der Waals surface area contributed by atoms with E-state index in [0.29, 0.717) is 15.1 Å². The number of nitrogens with one attached hydrogen (secondary N) is 1. The van der Waals surface area contributed by atoms with Crippen LogP contribution in [0.25, 0.3) is 0 Å². The fraction of sp³-hybridized carbons (Fsp3) is 0.571. The Labute approximate surface area is 135 Å². The Morgan fingerprint density at radius 1 is 1.20 bits per heavy atom. The molecule has 1 fully saturated rings. The van der Waals surface area contributed by atoms with Gasteiger partial charge in [-0.2, -0.15) is 0 Å². The minimum absolute atomic E-state index is 0.137. The molecule has 0 amide bonds. The van der Waals surface area contributed by atoms with E-state index >= 15 is 0 Å². The number of benzene rings is 1. The average Bonchev–Trinajstić information content (AvgIpc) is 2.46. The number of ether oxygens (including phenoxy) is 1. The molecule has 0 spiro atoms. The Balaban J connectivity index is 1.85. The lowest BCUT2D eigenvalue weighted by Crippen LogP contribution is -2.40. The maximum absolute atomic E-state index is 6.24. The van der Waals surface area contributed by atoms with Crippen molar-refractivity contribution in [3.05, 3.63) is 32.8 Å². The van der Waals surface area contributed by atoms with Gasteiger partial charge in [0, 0.05) is 32.2 Å². The van der Waals surface area contributed by atoms with Crippen LogP contribution in [0, 0.1) is 0 Å². The number of hydrogen-bond acceptors (Lipinski definition) is 3. The van der Waals surface area contributed by atoms with Gasteiger partial charge in [0.15, 0.2) is 0 Å². The van der Waals surface area contributed by atoms with Crippen molar-refractivity contribution >= 4 is 34.8 Å². The van der Waals surface area contributed by atoms with Gasteiger partial charge in [0.2, 0.25) is 0 Å². The molecule has 1 aromatic rings. The molecule has 3 nitrogen and oxygen atoms in total. The molecule has 1 heterocycles. The van der Waals surface area contributed by atoms with Gasteiger partial charge in [0.25, 0.3) is 0 Å². The zero-order valence-electron chi connectivity index (χ0n) is 11.5. The average molecular weight is 338 g/mol. The highest BCUT2D eigenvalue weighted by Gasteiger charge is 2.15. The van der Waals surface area contributed by atoms with Gasteiger partial charge in [0.05, 0.1) is 28.3 Å². The fourth-order valence-corrected chi connectivity index (χ4v) is 2.96. The van der Waals surface area contributed by atoms with Gasteiger partial charge < -0.3 is 10.1 Å². The molecule has 2 rings (SSSR count). The van der Waals surface area contributed by atoms with Crippen LogP contribution in [0.1, 0.15) is 18.5 Å². The summed E-state index contributed by atoms with van der Waals surface area (Å²) in [4.78, 5) is 2.39. The molecular weight excluding hydrogens is 319 g/mol. The van der Waals surface area contributed by atoms with E-state index in [1.807, 2.05) is 6.07 Å². The van der Waals surface area contributed by atoms with E-state index in [4.69, 9.17) is 39.5 Å². The maximum atomic E-state index is 6.24. The minimum atomic E-state index is 0.137. The summed E-state index contributed by atoms with van der Waals surface area (Å²) in [5.41, 5.74) is 0.975. The third kappa shape index (κ3) is 4.23. The van der Waals surface area contributed by atoms with E-state index in [9.17, 15) is 0 Å². The first kappa shape index (κ1) is 16.3. The van der Waals surface area contributed by atoms with Gasteiger partial charge in [-0.25, -0.2) is 0 Å². The SMILES string of the molecule is CC(NCCN1CCOCC1)c1ccc(Cl)c(Cl)c1Cl. The lowest BCUT2D eigenvalue weighted by molar-refractivity contribution is 0.0382. The monoisotopic (exact) mass is 336 g/mol. The summed E-state index contributed by atoms with van der Waals surface area (Å²) in [7, 11) is 0. The molecule has 20 heavy (non-hydrogen) atoms. The van der Waals surface area contributed by atoms with Crippen LogP contribution in [0.3, 0.4) is 0 Å². The van der Waals surface area contributed by atoms with E-state index in [2.05, 4.69) is 17.1 Å². The Kier molecular flexibility index (Phi) is 6.40. The molecule has 1 aliphatic heterocycles. The molecular formula is C14H19Cl3N2O. The lowest BCUT2D eigenvalue weighted by Gasteiger charge is -2.27. The summed E-state index contributed by atoms with van der Waals surface area (Å²) in [6.45, 7) is 7.64. The molecule has 0 radical (unpaired) electrons. The van der Waals surface area contributed by atoms with Crippen molar-refractivity contribution in [2.24, 2.45) is 0 Å². The second kappa shape index (κ2) is 7.83. The summed E-state index contributed by atoms with van der Waals surface area (Å²) >= 11 is 18.2. The topological polar surface area (TPSA) is 24.5 Å². The van der Waals surface area contributed by atoms with Crippen LogP contribution in [-0.2, 0) is 4.74 Å². The van der Waals surface area contributed by atoms with Crippen molar-refractivity contribution in [1.82, 2.24) is 10.2 Å². The van der Waals surface area contributed by atoms with Crippen LogP contribution in [0.4, 0.5) is 0 Å². The van der Waals surface area contributed by atoms with Gasteiger partial charge in [-0.15, -0.1) is 0 Å². The van der Waals surface area contributed by atoms with Crippen molar-refractivity contribution in [2.75, 3.05) is 39.4 Å². The van der Waals surface area contributed by atoms with Crippen LogP contribution in [0.5, 0.6) is 0 Å². The van der Waals surface area contributed by atoms with Crippen molar-refractivity contribution in [3.8, 4) is 0 Å². The van der Waals surface area contributed by atoms with Gasteiger partial charge >= 0.3 is 0 Å². The first-order chi connectivity index (χ1) is 9.59. The molecule has 1 saturated heterocycles. The number of nitrogens with zero attached hydrogens (tertiary/aromatic N) is 1. The third-order valence-electron chi connectivity index (χ3n) is 3.51. The number of halogens is 3. The van der Waals surface area contributed by atoms with Gasteiger partial charge in [-0.05, 0) is 18.6 Å². The van der Waals surface area contributed by atoms with E-state index in [1.165, 1.54) is 0 Å². The zero-order chi connectivity index (χ0) is 14.5. The van der Waals surface area contributed by atoms with Gasteiger partial charge in [-0.1, -0.05) is 40.9 Å². The molecule has 112 valence electrons. The zero-order valence-corrected chi connectivity index (χ0v) is 13.7. The van der Waals surface area contributed by atoms with Crippen LogP contribution in [0.2, 0.25) is 15.1 Å². The molecule has 1 N–H and O–H groups in total. The largest absolute Gasteiger partial charge is 0.379 e. The predicted molar refractivity (Wildman–Crippen MR) is 85.1 cm³/mol. The predicted octanol–water partition coefficient (Wildman–Crippen LogP) is 3.63. The third-order valence-corrected chi connectivity index (χ3v) is 4.82. The van der Waals surface area contributed by atoms with Crippen LogP contribution in [0.15, 0.2) is 12.1 Å². The fourth-order valence-electron chi connectivity index (χ4n) is 2.25. The molecule has 0 bridgehead atoms. The molecule has 6 heteroatoms. The smallest absolute Gasteiger partial charge is 0.0781 e. The first-order valence-electron chi connectivity index (χ1n) is 6.76. The second-order valence-corrected chi connectivity index (χ2v) is 6.06. The number of morpholine rings is 1. The highest BCUT2D eigenvalue weighted by atomic mass is 35.5. The summed E-state index contributed by atoms with van der Waals surface area (Å²) in [6.07, 6.45) is 0. The Bertz CT molecular complexity index is 450. The van der Waals surface area contributed by atoms with Gasteiger partial charge in [-0.3, -0.25) is 4.90 Å². The highest BCUT2D eigenvalue weighted by Crippen LogP contribution is 2.35. The van der Waals surface area contributed by atoms with Crippen molar-refractivity contribution in [2.45, 2.75) is 13.0 Å². The lowest BCUT2D eigenvalue weighted by atomic mass is 10.1. The first-order valence-corrected chi connectivity index (χ1v) is 7.90. The Morgan fingerprint density at radius 3 is 2.60 bits per heavy atom. The van der Waals surface area contributed by atoms with Crippen molar-refractivity contribution in [1.29, 1.82) is 0 Å². The molecule has 0 saturated carbocycles. The Hall–Kier alpha value is -0.0300. The molecule has 1 aromatic carbocycles. The van der Waals surface area contributed by atoms with E-state index in [0.717, 1.165) is 45.0 Å². The number of hydrogen-bond donors (Lipinski definition) is 1. The summed E-state index contributed by atoms with van der Waals surface area (Å²) in [6, 6.07) is 3.84. The maximum Gasteiger partial charge on any atom is 0.0781 e. The van der Waals surface area contributed by atoms with E-state index < -0.39 is 0 Å². The van der Waals surface area contributed by atoms with Crippen LogP contribution in [-0.4, -0.2) is 44.3 Å². The molecule has 0 aromatic heterocycles. The summed E-state index contributed by atoms with van der Waals surface area (Å²) < 4.78 is 5.33. The van der Waals surface area contributed by atoms with Gasteiger partial charge in [0.1, 0.15) is 0 Å².